The molecule has 2 aromatic carbocycles. The summed E-state index contributed by atoms with van der Waals surface area (Å²) >= 11 is 0. The van der Waals surface area contributed by atoms with Crippen molar-refractivity contribution in [2.75, 3.05) is 46.4 Å². The molecular formula is C34H46N4O2. The van der Waals surface area contributed by atoms with E-state index in [1.807, 2.05) is 12.1 Å². The summed E-state index contributed by atoms with van der Waals surface area (Å²) in [5.74, 6) is 1.73. The number of amides is 1. The average molecular weight is 543 g/mol. The Morgan fingerprint density at radius 1 is 1.05 bits per heavy atom. The van der Waals surface area contributed by atoms with Crippen LogP contribution in [0, 0.1) is 23.2 Å². The van der Waals surface area contributed by atoms with Crippen LogP contribution in [0.5, 0.6) is 5.75 Å². The van der Waals surface area contributed by atoms with E-state index in [9.17, 15) is 4.79 Å². The first-order valence-corrected chi connectivity index (χ1v) is 15.3. The van der Waals surface area contributed by atoms with Gasteiger partial charge < -0.3 is 19.4 Å². The highest BCUT2D eigenvalue weighted by Crippen LogP contribution is 2.49. The number of ether oxygens (including phenoxy) is 1. The number of benzene rings is 2. The van der Waals surface area contributed by atoms with Gasteiger partial charge in [-0.25, -0.2) is 0 Å². The van der Waals surface area contributed by atoms with Gasteiger partial charge in [-0.2, -0.15) is 5.26 Å². The molecule has 0 spiro atoms. The van der Waals surface area contributed by atoms with Crippen molar-refractivity contribution < 1.29 is 9.53 Å². The van der Waals surface area contributed by atoms with Gasteiger partial charge in [-0.3, -0.25) is 4.79 Å². The number of hydrogen-bond donors (Lipinski definition) is 0. The second kappa shape index (κ2) is 12.7. The maximum atomic E-state index is 13.6. The van der Waals surface area contributed by atoms with Crippen LogP contribution in [0.1, 0.15) is 69.1 Å². The number of nitrogens with zero attached hydrogens (tertiary/aromatic N) is 4. The van der Waals surface area contributed by atoms with Crippen LogP contribution in [0.25, 0.3) is 0 Å². The lowest BCUT2D eigenvalue weighted by Crippen LogP contribution is -2.64. The van der Waals surface area contributed by atoms with Crippen molar-refractivity contribution in [2.24, 2.45) is 11.8 Å². The van der Waals surface area contributed by atoms with E-state index >= 15 is 0 Å². The first kappa shape index (κ1) is 28.6. The van der Waals surface area contributed by atoms with Crippen molar-refractivity contribution in [3.63, 3.8) is 0 Å². The smallest absolute Gasteiger partial charge is 0.225 e. The zero-order valence-corrected chi connectivity index (χ0v) is 24.6. The van der Waals surface area contributed by atoms with Crippen LogP contribution in [-0.2, 0) is 16.8 Å². The summed E-state index contributed by atoms with van der Waals surface area (Å²) < 4.78 is 5.93. The highest BCUT2D eigenvalue weighted by atomic mass is 16.5. The molecule has 2 aromatic rings. The quantitative estimate of drug-likeness (QED) is 0.415. The fourth-order valence-electron chi connectivity index (χ4n) is 7.73. The van der Waals surface area contributed by atoms with E-state index in [1.54, 1.807) is 12.1 Å². The number of piperidine rings is 2. The Morgan fingerprint density at radius 2 is 1.80 bits per heavy atom. The molecule has 6 nitrogen and oxygen atoms in total. The number of nitriles is 1. The van der Waals surface area contributed by atoms with Gasteiger partial charge in [-0.05, 0) is 100.0 Å². The summed E-state index contributed by atoms with van der Waals surface area (Å²) in [5.41, 5.74) is 3.58. The Bertz CT molecular complexity index is 1180. The van der Waals surface area contributed by atoms with E-state index in [2.05, 4.69) is 65.9 Å². The number of fused-ring (bicyclic) bond motifs is 1. The van der Waals surface area contributed by atoms with Gasteiger partial charge in [0.25, 0.3) is 0 Å². The molecule has 1 amide bonds. The number of hydrogen-bond acceptors (Lipinski definition) is 5. The minimum atomic E-state index is -0.0284. The SMILES string of the molecule is CC(C)C(=O)N1CCCCC1C1(C2CCN(CCCOc3ccc(C#N)cc3)CC2)CN(C)Cc2ccccc21. The normalized spacial score (nSPS) is 24.5. The zero-order valence-electron chi connectivity index (χ0n) is 24.6. The number of likely N-dealkylation sites (N-methyl/N-ethyl adjacent to an activating group) is 1. The lowest BCUT2D eigenvalue weighted by atomic mass is 9.58. The van der Waals surface area contributed by atoms with Gasteiger partial charge in [-0.15, -0.1) is 0 Å². The van der Waals surface area contributed by atoms with Gasteiger partial charge in [0.2, 0.25) is 5.91 Å². The lowest BCUT2D eigenvalue weighted by Gasteiger charge is -2.57. The van der Waals surface area contributed by atoms with E-state index < -0.39 is 0 Å². The number of carbonyl (C=O) groups is 1. The summed E-state index contributed by atoms with van der Waals surface area (Å²) in [4.78, 5) is 21.0. The molecule has 0 bridgehead atoms. The summed E-state index contributed by atoms with van der Waals surface area (Å²) in [6, 6.07) is 18.9. The van der Waals surface area contributed by atoms with Crippen molar-refractivity contribution in [3.05, 3.63) is 65.2 Å². The second-order valence-corrected chi connectivity index (χ2v) is 12.5. The second-order valence-electron chi connectivity index (χ2n) is 12.5. The molecule has 214 valence electrons. The minimum Gasteiger partial charge on any atom is -0.494 e. The maximum absolute atomic E-state index is 13.6. The minimum absolute atomic E-state index is 0.0284. The van der Waals surface area contributed by atoms with E-state index in [0.717, 1.165) is 64.3 Å². The number of carbonyl (C=O) groups excluding carboxylic acids is 1. The summed E-state index contributed by atoms with van der Waals surface area (Å²) in [7, 11) is 2.27. The summed E-state index contributed by atoms with van der Waals surface area (Å²) in [6.45, 7) is 10.9. The molecule has 0 aliphatic carbocycles. The Balaban J connectivity index is 1.30. The largest absolute Gasteiger partial charge is 0.494 e. The van der Waals surface area contributed by atoms with Crippen LogP contribution in [-0.4, -0.2) is 73.0 Å². The third-order valence-electron chi connectivity index (χ3n) is 9.55. The van der Waals surface area contributed by atoms with Gasteiger partial charge in [0.05, 0.1) is 18.2 Å². The average Bonchev–Trinajstić information content (AvgIpc) is 2.99. The fraction of sp³-hybridized carbons (Fsp3) is 0.588. The van der Waals surface area contributed by atoms with Crippen LogP contribution in [0.2, 0.25) is 0 Å². The molecule has 3 heterocycles. The Labute approximate surface area is 240 Å². The molecule has 0 radical (unpaired) electrons. The van der Waals surface area contributed by atoms with E-state index in [-0.39, 0.29) is 17.4 Å². The van der Waals surface area contributed by atoms with E-state index in [4.69, 9.17) is 10.00 Å². The van der Waals surface area contributed by atoms with Gasteiger partial charge >= 0.3 is 0 Å². The molecule has 2 atom stereocenters. The Hall–Kier alpha value is -2.88. The van der Waals surface area contributed by atoms with Gasteiger partial charge in [0, 0.05) is 43.6 Å². The third kappa shape index (κ3) is 5.92. The lowest BCUT2D eigenvalue weighted by molar-refractivity contribution is -0.142. The monoisotopic (exact) mass is 542 g/mol. The standard InChI is InChI=1S/C34H46N4O2/c1-26(2)33(39)38-19-7-6-11-32(38)34(25-36(3)24-28-9-4-5-10-31(28)34)29-16-20-37(21-17-29)18-8-22-40-30-14-12-27(23-35)13-15-30/h4-5,9-10,12-15,26,29,32H,6-8,11,16-22,24-25H2,1-3H3. The molecule has 5 rings (SSSR count). The highest BCUT2D eigenvalue weighted by Gasteiger charge is 2.53. The Kier molecular flexibility index (Phi) is 9.13. The van der Waals surface area contributed by atoms with Crippen molar-refractivity contribution in [2.45, 2.75) is 70.4 Å². The topological polar surface area (TPSA) is 59.8 Å². The Morgan fingerprint density at radius 3 is 2.52 bits per heavy atom. The van der Waals surface area contributed by atoms with Crippen molar-refractivity contribution in [1.82, 2.24) is 14.7 Å². The van der Waals surface area contributed by atoms with Crippen LogP contribution < -0.4 is 4.74 Å². The van der Waals surface area contributed by atoms with Crippen LogP contribution >= 0.6 is 0 Å². The predicted molar refractivity (Wildman–Crippen MR) is 159 cm³/mol. The van der Waals surface area contributed by atoms with Crippen molar-refractivity contribution in [1.29, 1.82) is 5.26 Å². The molecule has 3 aliphatic rings. The molecule has 2 fully saturated rings. The van der Waals surface area contributed by atoms with Crippen LogP contribution in [0.4, 0.5) is 0 Å². The molecule has 0 saturated carbocycles. The first-order valence-electron chi connectivity index (χ1n) is 15.3. The van der Waals surface area contributed by atoms with Crippen molar-refractivity contribution >= 4 is 5.91 Å². The molecular weight excluding hydrogens is 496 g/mol. The summed E-state index contributed by atoms with van der Waals surface area (Å²) in [6.07, 6.45) is 6.75. The summed E-state index contributed by atoms with van der Waals surface area (Å²) in [5, 5.41) is 8.98. The molecule has 3 aliphatic heterocycles. The van der Waals surface area contributed by atoms with Crippen LogP contribution in [0.15, 0.2) is 48.5 Å². The first-order chi connectivity index (χ1) is 19.4. The number of rotatable bonds is 8. The zero-order chi connectivity index (χ0) is 28.1. The molecule has 6 heteroatoms. The predicted octanol–water partition coefficient (Wildman–Crippen LogP) is 5.46. The number of likely N-dealkylation sites (tertiary alicyclic amines) is 2. The van der Waals surface area contributed by atoms with E-state index in [1.165, 1.54) is 30.4 Å². The van der Waals surface area contributed by atoms with Gasteiger partial charge in [0.1, 0.15) is 5.75 Å². The molecule has 2 unspecified atom stereocenters. The molecule has 2 saturated heterocycles. The van der Waals surface area contributed by atoms with Gasteiger partial charge in [-0.1, -0.05) is 38.1 Å². The van der Waals surface area contributed by atoms with Crippen LogP contribution in [0.3, 0.4) is 0 Å². The van der Waals surface area contributed by atoms with E-state index in [0.29, 0.717) is 24.0 Å². The fourth-order valence-corrected chi connectivity index (χ4v) is 7.73. The maximum Gasteiger partial charge on any atom is 0.225 e. The molecule has 0 aromatic heterocycles. The molecule has 0 N–H and O–H groups in total. The van der Waals surface area contributed by atoms with Crippen molar-refractivity contribution in [3.8, 4) is 11.8 Å². The highest BCUT2D eigenvalue weighted by molar-refractivity contribution is 5.79. The molecule has 40 heavy (non-hydrogen) atoms. The third-order valence-corrected chi connectivity index (χ3v) is 9.55. The van der Waals surface area contributed by atoms with Gasteiger partial charge in [0.15, 0.2) is 0 Å².